The molecular formula is C17H21NO2S. The van der Waals surface area contributed by atoms with Crippen LogP contribution in [0.1, 0.15) is 24.2 Å². The van der Waals surface area contributed by atoms with Gasteiger partial charge in [-0.05, 0) is 37.6 Å². The Morgan fingerprint density at radius 3 is 2.76 bits per heavy atom. The number of hydrogen-bond donors (Lipinski definition) is 1. The molecule has 1 heterocycles. The van der Waals surface area contributed by atoms with Crippen LogP contribution in [0.2, 0.25) is 0 Å². The van der Waals surface area contributed by atoms with Crippen molar-refractivity contribution in [2.75, 3.05) is 12.3 Å². The lowest BCUT2D eigenvalue weighted by molar-refractivity contribution is -0.120. The predicted octanol–water partition coefficient (Wildman–Crippen LogP) is 3.82. The van der Waals surface area contributed by atoms with E-state index in [1.807, 2.05) is 12.1 Å². The number of furan rings is 1. The lowest BCUT2D eigenvalue weighted by Crippen LogP contribution is -2.24. The van der Waals surface area contributed by atoms with Gasteiger partial charge in [0, 0.05) is 30.0 Å². The van der Waals surface area contributed by atoms with E-state index in [2.05, 4.69) is 36.5 Å². The fraction of sp³-hybridized carbons (Fsp3) is 0.353. The standard InChI is InChI=1S/C17H21NO2S/c1-14-6-8-16(9-7-14)21-13-10-17(19)18-11-2-4-15-5-3-12-20-15/h3,5-9,12H,2,4,10-11,13H2,1H3,(H,18,19). The average Bonchev–Trinajstić information content (AvgIpc) is 2.99. The smallest absolute Gasteiger partial charge is 0.220 e. The summed E-state index contributed by atoms with van der Waals surface area (Å²) < 4.78 is 5.25. The van der Waals surface area contributed by atoms with Crippen LogP contribution in [0.3, 0.4) is 0 Å². The summed E-state index contributed by atoms with van der Waals surface area (Å²) in [4.78, 5) is 12.9. The van der Waals surface area contributed by atoms with Gasteiger partial charge in [-0.15, -0.1) is 11.8 Å². The number of rotatable bonds is 8. The van der Waals surface area contributed by atoms with Crippen molar-refractivity contribution in [2.24, 2.45) is 0 Å². The second-order valence-corrected chi connectivity index (χ2v) is 6.11. The molecule has 0 radical (unpaired) electrons. The van der Waals surface area contributed by atoms with Gasteiger partial charge in [0.1, 0.15) is 5.76 Å². The number of aryl methyl sites for hydroxylation is 2. The molecule has 2 rings (SSSR count). The summed E-state index contributed by atoms with van der Waals surface area (Å²) in [5, 5.41) is 2.95. The number of carbonyl (C=O) groups excluding carboxylic acids is 1. The topological polar surface area (TPSA) is 42.2 Å². The fourth-order valence-electron chi connectivity index (χ4n) is 1.93. The predicted molar refractivity (Wildman–Crippen MR) is 86.6 cm³/mol. The molecule has 0 aliphatic carbocycles. The summed E-state index contributed by atoms with van der Waals surface area (Å²) in [7, 11) is 0. The second-order valence-electron chi connectivity index (χ2n) is 4.94. The van der Waals surface area contributed by atoms with E-state index in [0.717, 1.165) is 24.4 Å². The monoisotopic (exact) mass is 303 g/mol. The molecule has 21 heavy (non-hydrogen) atoms. The first-order valence-electron chi connectivity index (χ1n) is 7.22. The Bertz CT molecular complexity index is 534. The zero-order valence-corrected chi connectivity index (χ0v) is 13.1. The minimum absolute atomic E-state index is 0.119. The van der Waals surface area contributed by atoms with Crippen LogP contribution in [-0.2, 0) is 11.2 Å². The van der Waals surface area contributed by atoms with Crippen LogP contribution < -0.4 is 5.32 Å². The minimum atomic E-state index is 0.119. The van der Waals surface area contributed by atoms with Gasteiger partial charge >= 0.3 is 0 Å². The normalized spacial score (nSPS) is 10.5. The molecule has 1 N–H and O–H groups in total. The molecule has 0 atom stereocenters. The Hall–Kier alpha value is -1.68. The number of hydrogen-bond acceptors (Lipinski definition) is 3. The highest BCUT2D eigenvalue weighted by atomic mass is 32.2. The van der Waals surface area contributed by atoms with E-state index in [0.29, 0.717) is 13.0 Å². The van der Waals surface area contributed by atoms with E-state index in [9.17, 15) is 4.79 Å². The quantitative estimate of drug-likeness (QED) is 0.595. The summed E-state index contributed by atoms with van der Waals surface area (Å²) in [5.41, 5.74) is 1.26. The molecule has 1 aromatic carbocycles. The number of amides is 1. The lowest BCUT2D eigenvalue weighted by Gasteiger charge is -2.05. The van der Waals surface area contributed by atoms with Gasteiger partial charge in [-0.3, -0.25) is 4.79 Å². The van der Waals surface area contributed by atoms with Crippen molar-refractivity contribution in [1.29, 1.82) is 0 Å². The van der Waals surface area contributed by atoms with Crippen LogP contribution >= 0.6 is 11.8 Å². The molecule has 3 nitrogen and oxygen atoms in total. The van der Waals surface area contributed by atoms with Crippen LogP contribution in [0.4, 0.5) is 0 Å². The van der Waals surface area contributed by atoms with Gasteiger partial charge in [0.15, 0.2) is 0 Å². The lowest BCUT2D eigenvalue weighted by atomic mass is 10.2. The van der Waals surface area contributed by atoms with E-state index in [-0.39, 0.29) is 5.91 Å². The molecule has 0 saturated heterocycles. The van der Waals surface area contributed by atoms with Crippen LogP contribution in [0.15, 0.2) is 52.0 Å². The van der Waals surface area contributed by atoms with Crippen molar-refractivity contribution >= 4 is 17.7 Å². The Balaban J connectivity index is 1.54. The average molecular weight is 303 g/mol. The van der Waals surface area contributed by atoms with Crippen molar-refractivity contribution in [3.8, 4) is 0 Å². The molecule has 4 heteroatoms. The van der Waals surface area contributed by atoms with Gasteiger partial charge in [0.25, 0.3) is 0 Å². The SMILES string of the molecule is Cc1ccc(SCCC(=O)NCCCc2ccco2)cc1. The minimum Gasteiger partial charge on any atom is -0.469 e. The molecule has 112 valence electrons. The van der Waals surface area contributed by atoms with Crippen LogP contribution in [0.25, 0.3) is 0 Å². The zero-order valence-electron chi connectivity index (χ0n) is 12.3. The maximum atomic E-state index is 11.7. The van der Waals surface area contributed by atoms with Crippen LogP contribution in [0, 0.1) is 6.92 Å². The van der Waals surface area contributed by atoms with Crippen molar-refractivity contribution in [3.63, 3.8) is 0 Å². The van der Waals surface area contributed by atoms with Crippen molar-refractivity contribution in [1.82, 2.24) is 5.32 Å². The number of benzene rings is 1. The largest absolute Gasteiger partial charge is 0.469 e. The Kier molecular flexibility index (Phi) is 6.41. The molecule has 0 unspecified atom stereocenters. The van der Waals surface area contributed by atoms with Gasteiger partial charge in [-0.25, -0.2) is 0 Å². The van der Waals surface area contributed by atoms with Crippen LogP contribution in [-0.4, -0.2) is 18.2 Å². The molecule has 1 aromatic heterocycles. The Morgan fingerprint density at radius 2 is 2.05 bits per heavy atom. The fourth-order valence-corrected chi connectivity index (χ4v) is 2.78. The van der Waals surface area contributed by atoms with Gasteiger partial charge in [-0.2, -0.15) is 0 Å². The second kappa shape index (κ2) is 8.57. The van der Waals surface area contributed by atoms with Gasteiger partial charge in [-0.1, -0.05) is 17.7 Å². The summed E-state index contributed by atoms with van der Waals surface area (Å²) in [6.45, 7) is 2.78. The van der Waals surface area contributed by atoms with Crippen LogP contribution in [0.5, 0.6) is 0 Å². The molecule has 0 bridgehead atoms. The number of thioether (sulfide) groups is 1. The van der Waals surface area contributed by atoms with E-state index in [1.54, 1.807) is 18.0 Å². The number of carbonyl (C=O) groups is 1. The van der Waals surface area contributed by atoms with Gasteiger partial charge in [0.2, 0.25) is 5.91 Å². The summed E-state index contributed by atoms with van der Waals surface area (Å²) in [5.74, 6) is 1.90. The molecule has 0 aliphatic heterocycles. The van der Waals surface area contributed by atoms with E-state index >= 15 is 0 Å². The highest BCUT2D eigenvalue weighted by molar-refractivity contribution is 7.99. The van der Waals surface area contributed by atoms with Crippen molar-refractivity contribution in [3.05, 3.63) is 54.0 Å². The Morgan fingerprint density at radius 1 is 1.24 bits per heavy atom. The highest BCUT2D eigenvalue weighted by Gasteiger charge is 2.02. The molecule has 0 spiro atoms. The van der Waals surface area contributed by atoms with E-state index < -0.39 is 0 Å². The third kappa shape index (κ3) is 6.08. The van der Waals surface area contributed by atoms with E-state index in [4.69, 9.17) is 4.42 Å². The summed E-state index contributed by atoms with van der Waals surface area (Å²) >= 11 is 1.72. The molecule has 0 fully saturated rings. The summed E-state index contributed by atoms with van der Waals surface area (Å²) in [6, 6.07) is 12.2. The zero-order chi connectivity index (χ0) is 14.9. The van der Waals surface area contributed by atoms with Gasteiger partial charge < -0.3 is 9.73 Å². The highest BCUT2D eigenvalue weighted by Crippen LogP contribution is 2.18. The molecular weight excluding hydrogens is 282 g/mol. The molecule has 1 amide bonds. The molecule has 2 aromatic rings. The van der Waals surface area contributed by atoms with Crippen molar-refractivity contribution in [2.45, 2.75) is 31.1 Å². The third-order valence-corrected chi connectivity index (χ3v) is 4.13. The summed E-state index contributed by atoms with van der Waals surface area (Å²) in [6.07, 6.45) is 4.01. The molecule has 0 saturated carbocycles. The first kappa shape index (κ1) is 15.7. The first-order valence-corrected chi connectivity index (χ1v) is 8.21. The maximum absolute atomic E-state index is 11.7. The molecule has 0 aliphatic rings. The maximum Gasteiger partial charge on any atom is 0.220 e. The Labute approximate surface area is 130 Å². The van der Waals surface area contributed by atoms with E-state index in [1.165, 1.54) is 10.5 Å². The van der Waals surface area contributed by atoms with Gasteiger partial charge in [0.05, 0.1) is 6.26 Å². The first-order chi connectivity index (χ1) is 10.2. The third-order valence-electron chi connectivity index (χ3n) is 3.12. The van der Waals surface area contributed by atoms with Crippen molar-refractivity contribution < 1.29 is 9.21 Å². The number of nitrogens with one attached hydrogen (secondary N) is 1.